The summed E-state index contributed by atoms with van der Waals surface area (Å²) in [5.74, 6) is -0.705. The fourth-order valence-corrected chi connectivity index (χ4v) is 3.25. The lowest BCUT2D eigenvalue weighted by Crippen LogP contribution is -2.46. The molecule has 3 aromatic rings. The highest BCUT2D eigenvalue weighted by molar-refractivity contribution is 6.04. The number of aryl methyl sites for hydroxylation is 1. The monoisotopic (exact) mass is 378 g/mol. The van der Waals surface area contributed by atoms with E-state index in [0.29, 0.717) is 12.1 Å². The smallest absolute Gasteiger partial charge is 0.340 e. The molecule has 0 N–H and O–H groups in total. The Morgan fingerprint density at radius 3 is 2.32 bits per heavy atom. The average molecular weight is 378 g/mol. The van der Waals surface area contributed by atoms with Gasteiger partial charge < -0.3 is 14.2 Å². The predicted molar refractivity (Wildman–Crippen MR) is 110 cm³/mol. The van der Waals surface area contributed by atoms with Crippen molar-refractivity contribution in [3.05, 3.63) is 71.9 Å². The summed E-state index contributed by atoms with van der Waals surface area (Å²) in [4.78, 5) is 27.2. The van der Waals surface area contributed by atoms with Crippen molar-refractivity contribution < 1.29 is 14.3 Å². The Bertz CT molecular complexity index is 984. The number of carbonyl (C=O) groups is 2. The quantitative estimate of drug-likeness (QED) is 0.627. The molecule has 0 aliphatic rings. The molecule has 3 rings (SSSR count). The Morgan fingerprint density at radius 2 is 1.64 bits per heavy atom. The minimum absolute atomic E-state index is 0.218. The molecule has 2 aromatic carbocycles. The van der Waals surface area contributed by atoms with Crippen LogP contribution in [0.25, 0.3) is 10.9 Å². The molecule has 5 heteroatoms. The van der Waals surface area contributed by atoms with Crippen LogP contribution in [0.1, 0.15) is 36.7 Å². The number of hydrogen-bond donors (Lipinski definition) is 0. The van der Waals surface area contributed by atoms with E-state index in [1.807, 2.05) is 87.0 Å². The first-order chi connectivity index (χ1) is 13.3. The molecule has 0 spiro atoms. The van der Waals surface area contributed by atoms with Gasteiger partial charge in [-0.1, -0.05) is 48.5 Å². The minimum atomic E-state index is -0.487. The zero-order valence-corrected chi connectivity index (χ0v) is 16.8. The SMILES string of the molecule is Cn1cc(C(=O)OCC(=O)N(Cc2ccccc2)C(C)(C)C)c2ccccc21. The number of fused-ring (bicyclic) bond motifs is 1. The van der Waals surface area contributed by atoms with E-state index in [-0.39, 0.29) is 12.5 Å². The van der Waals surface area contributed by atoms with E-state index < -0.39 is 11.5 Å². The second-order valence-electron chi connectivity index (χ2n) is 7.88. The van der Waals surface area contributed by atoms with Gasteiger partial charge in [0.1, 0.15) is 0 Å². The predicted octanol–water partition coefficient (Wildman–Crippen LogP) is 4.16. The van der Waals surface area contributed by atoms with Gasteiger partial charge in [0.2, 0.25) is 0 Å². The van der Waals surface area contributed by atoms with Gasteiger partial charge >= 0.3 is 5.97 Å². The normalized spacial score (nSPS) is 11.4. The van der Waals surface area contributed by atoms with Crippen LogP contribution in [-0.4, -0.2) is 33.5 Å². The summed E-state index contributed by atoms with van der Waals surface area (Å²) in [6.45, 7) is 6.10. The van der Waals surface area contributed by atoms with Crippen LogP contribution in [0, 0.1) is 0 Å². The molecule has 0 radical (unpaired) electrons. The third-order valence-electron chi connectivity index (χ3n) is 4.74. The van der Waals surface area contributed by atoms with E-state index in [2.05, 4.69) is 0 Å². The summed E-state index contributed by atoms with van der Waals surface area (Å²) >= 11 is 0. The number of carbonyl (C=O) groups excluding carboxylic acids is 2. The molecule has 1 amide bonds. The van der Waals surface area contributed by atoms with Crippen molar-refractivity contribution >= 4 is 22.8 Å². The van der Waals surface area contributed by atoms with E-state index in [9.17, 15) is 9.59 Å². The third kappa shape index (κ3) is 4.25. The number of aromatic nitrogens is 1. The van der Waals surface area contributed by atoms with Gasteiger partial charge in [-0.15, -0.1) is 0 Å². The zero-order valence-electron chi connectivity index (χ0n) is 16.8. The van der Waals surface area contributed by atoms with E-state index in [1.54, 1.807) is 11.1 Å². The number of nitrogens with zero attached hydrogens (tertiary/aromatic N) is 2. The molecule has 28 heavy (non-hydrogen) atoms. The molecule has 0 bridgehead atoms. The first-order valence-corrected chi connectivity index (χ1v) is 9.33. The van der Waals surface area contributed by atoms with Gasteiger partial charge in [-0.3, -0.25) is 4.79 Å². The molecular weight excluding hydrogens is 352 g/mol. The van der Waals surface area contributed by atoms with Gasteiger partial charge in [0.05, 0.1) is 5.56 Å². The largest absolute Gasteiger partial charge is 0.452 e. The summed E-state index contributed by atoms with van der Waals surface area (Å²) in [5.41, 5.74) is 2.06. The fraction of sp³-hybridized carbons (Fsp3) is 0.304. The number of amides is 1. The number of benzene rings is 2. The van der Waals surface area contributed by atoms with Crippen molar-refractivity contribution in [3.63, 3.8) is 0 Å². The Kier molecular flexibility index (Phi) is 5.54. The van der Waals surface area contributed by atoms with Crippen molar-refractivity contribution in [2.24, 2.45) is 7.05 Å². The van der Waals surface area contributed by atoms with E-state index >= 15 is 0 Å². The average Bonchev–Trinajstić information content (AvgIpc) is 3.01. The number of ether oxygens (including phenoxy) is 1. The molecule has 0 aliphatic heterocycles. The first-order valence-electron chi connectivity index (χ1n) is 9.33. The topological polar surface area (TPSA) is 51.5 Å². The molecule has 0 unspecified atom stereocenters. The zero-order chi connectivity index (χ0) is 20.3. The Hall–Kier alpha value is -3.08. The van der Waals surface area contributed by atoms with Crippen molar-refractivity contribution in [2.45, 2.75) is 32.9 Å². The number of esters is 1. The van der Waals surface area contributed by atoms with Gasteiger partial charge in [0.25, 0.3) is 5.91 Å². The lowest BCUT2D eigenvalue weighted by Gasteiger charge is -2.35. The highest BCUT2D eigenvalue weighted by Gasteiger charge is 2.27. The fourth-order valence-electron chi connectivity index (χ4n) is 3.25. The van der Waals surface area contributed by atoms with Gasteiger partial charge in [-0.05, 0) is 32.4 Å². The summed E-state index contributed by atoms with van der Waals surface area (Å²) in [6, 6.07) is 17.4. The van der Waals surface area contributed by atoms with Crippen LogP contribution in [0.5, 0.6) is 0 Å². The summed E-state index contributed by atoms with van der Waals surface area (Å²) in [6.07, 6.45) is 1.74. The molecule has 0 fully saturated rings. The van der Waals surface area contributed by atoms with Crippen LogP contribution in [0.4, 0.5) is 0 Å². The summed E-state index contributed by atoms with van der Waals surface area (Å²) < 4.78 is 7.26. The van der Waals surface area contributed by atoms with Crippen molar-refractivity contribution in [1.29, 1.82) is 0 Å². The number of hydrogen-bond acceptors (Lipinski definition) is 3. The van der Waals surface area contributed by atoms with Crippen LogP contribution in [0.2, 0.25) is 0 Å². The van der Waals surface area contributed by atoms with E-state index in [1.165, 1.54) is 0 Å². The molecule has 5 nitrogen and oxygen atoms in total. The number of para-hydroxylation sites is 1. The second-order valence-corrected chi connectivity index (χ2v) is 7.88. The highest BCUT2D eigenvalue weighted by Crippen LogP contribution is 2.22. The molecule has 1 aromatic heterocycles. The van der Waals surface area contributed by atoms with Gasteiger partial charge in [-0.2, -0.15) is 0 Å². The van der Waals surface area contributed by atoms with Gasteiger partial charge in [0, 0.05) is 36.2 Å². The van der Waals surface area contributed by atoms with Crippen LogP contribution in [0.15, 0.2) is 60.8 Å². The molecule has 146 valence electrons. The third-order valence-corrected chi connectivity index (χ3v) is 4.74. The minimum Gasteiger partial charge on any atom is -0.452 e. The maximum absolute atomic E-state index is 12.8. The maximum atomic E-state index is 12.8. The lowest BCUT2D eigenvalue weighted by atomic mass is 10.0. The molecule has 0 saturated carbocycles. The Morgan fingerprint density at radius 1 is 1.00 bits per heavy atom. The second kappa shape index (κ2) is 7.89. The highest BCUT2D eigenvalue weighted by atomic mass is 16.5. The van der Waals surface area contributed by atoms with Crippen LogP contribution in [0.3, 0.4) is 0 Å². The molecule has 0 aliphatic carbocycles. The standard InChI is InChI=1S/C23H26N2O3/c1-23(2,3)25(14-17-10-6-5-7-11-17)21(26)16-28-22(27)19-15-24(4)20-13-9-8-12-18(19)20/h5-13,15H,14,16H2,1-4H3. The Labute approximate surface area is 165 Å². The molecule has 1 heterocycles. The van der Waals surface area contributed by atoms with E-state index in [0.717, 1.165) is 16.5 Å². The van der Waals surface area contributed by atoms with Gasteiger partial charge in [-0.25, -0.2) is 4.79 Å². The molecular formula is C23H26N2O3. The van der Waals surface area contributed by atoms with Crippen LogP contribution < -0.4 is 0 Å². The number of rotatable bonds is 5. The first kappa shape index (κ1) is 19.7. The van der Waals surface area contributed by atoms with E-state index in [4.69, 9.17) is 4.74 Å². The maximum Gasteiger partial charge on any atom is 0.340 e. The molecule has 0 saturated heterocycles. The van der Waals surface area contributed by atoms with Crippen LogP contribution >= 0.6 is 0 Å². The van der Waals surface area contributed by atoms with Crippen LogP contribution in [-0.2, 0) is 23.1 Å². The Balaban J connectivity index is 1.72. The van der Waals surface area contributed by atoms with Crippen molar-refractivity contribution in [1.82, 2.24) is 9.47 Å². The summed E-state index contributed by atoms with van der Waals surface area (Å²) in [5, 5.41) is 0.819. The van der Waals surface area contributed by atoms with Crippen molar-refractivity contribution in [3.8, 4) is 0 Å². The molecule has 0 atom stereocenters. The van der Waals surface area contributed by atoms with Gasteiger partial charge in [0.15, 0.2) is 6.61 Å². The van der Waals surface area contributed by atoms with Crippen molar-refractivity contribution in [2.75, 3.05) is 6.61 Å². The summed E-state index contributed by atoms with van der Waals surface area (Å²) in [7, 11) is 1.88. The lowest BCUT2D eigenvalue weighted by molar-refractivity contribution is -0.140.